The van der Waals surface area contributed by atoms with Crippen LogP contribution >= 0.6 is 0 Å². The van der Waals surface area contributed by atoms with Gasteiger partial charge in [0.05, 0.1) is 12.0 Å². The molecule has 0 radical (unpaired) electrons. The Balaban J connectivity index is 2.15. The molecule has 2 aromatic heterocycles. The third kappa shape index (κ3) is 2.02. The molecule has 0 aromatic carbocycles. The first-order valence-electron chi connectivity index (χ1n) is 3.93. The van der Waals surface area contributed by atoms with Crippen LogP contribution < -0.4 is 0 Å². The van der Waals surface area contributed by atoms with E-state index in [1.54, 1.807) is 12.5 Å². The van der Waals surface area contributed by atoms with Gasteiger partial charge in [-0.15, -0.1) is 0 Å². The molecular weight excluding hydrogens is 164 g/mol. The summed E-state index contributed by atoms with van der Waals surface area (Å²) in [5.74, 6) is 0.818. The average molecular weight is 172 g/mol. The van der Waals surface area contributed by atoms with Gasteiger partial charge in [0.2, 0.25) is 0 Å². The van der Waals surface area contributed by atoms with Crippen molar-refractivity contribution in [1.82, 2.24) is 9.97 Å². The highest BCUT2D eigenvalue weighted by molar-refractivity contribution is 5.64. The van der Waals surface area contributed by atoms with Crippen LogP contribution in [0.25, 0.3) is 12.2 Å². The fourth-order valence-corrected chi connectivity index (χ4v) is 0.953. The van der Waals surface area contributed by atoms with Gasteiger partial charge in [-0.2, -0.15) is 0 Å². The SMILES string of the molecule is C(=C\c1ccco1)/c1ccncn1. The zero-order chi connectivity index (χ0) is 8.93. The molecule has 0 N–H and O–H groups in total. The fourth-order valence-electron chi connectivity index (χ4n) is 0.953. The average Bonchev–Trinajstić information content (AvgIpc) is 2.69. The van der Waals surface area contributed by atoms with E-state index >= 15 is 0 Å². The van der Waals surface area contributed by atoms with Crippen LogP contribution in [0.2, 0.25) is 0 Å². The van der Waals surface area contributed by atoms with Crippen molar-refractivity contribution in [2.45, 2.75) is 0 Å². The van der Waals surface area contributed by atoms with Crippen LogP contribution in [-0.2, 0) is 0 Å². The Kier molecular flexibility index (Phi) is 2.18. The smallest absolute Gasteiger partial charge is 0.126 e. The van der Waals surface area contributed by atoms with Gasteiger partial charge in [0.15, 0.2) is 0 Å². The molecule has 0 amide bonds. The van der Waals surface area contributed by atoms with Crippen molar-refractivity contribution in [1.29, 1.82) is 0 Å². The first kappa shape index (κ1) is 7.73. The molecule has 3 heteroatoms. The van der Waals surface area contributed by atoms with E-state index in [9.17, 15) is 0 Å². The molecule has 0 atom stereocenters. The lowest BCUT2D eigenvalue weighted by molar-refractivity contribution is 0.557. The molecule has 2 rings (SSSR count). The molecule has 0 aliphatic carbocycles. The summed E-state index contributed by atoms with van der Waals surface area (Å²) in [5, 5.41) is 0. The lowest BCUT2D eigenvalue weighted by Gasteiger charge is -1.88. The summed E-state index contributed by atoms with van der Waals surface area (Å²) in [6.07, 6.45) is 8.60. The number of aromatic nitrogens is 2. The molecule has 3 nitrogen and oxygen atoms in total. The van der Waals surface area contributed by atoms with Crippen LogP contribution in [0.15, 0.2) is 41.4 Å². The molecular formula is C10H8N2O. The van der Waals surface area contributed by atoms with E-state index in [1.165, 1.54) is 6.33 Å². The molecule has 0 aliphatic rings. The van der Waals surface area contributed by atoms with Gasteiger partial charge < -0.3 is 4.42 Å². The summed E-state index contributed by atoms with van der Waals surface area (Å²) in [6.45, 7) is 0. The third-order valence-corrected chi connectivity index (χ3v) is 1.57. The summed E-state index contributed by atoms with van der Waals surface area (Å²) >= 11 is 0. The van der Waals surface area contributed by atoms with Crippen LogP contribution in [0, 0.1) is 0 Å². The normalized spacial score (nSPS) is 10.8. The molecule has 64 valence electrons. The first-order valence-corrected chi connectivity index (χ1v) is 3.93. The van der Waals surface area contributed by atoms with Gasteiger partial charge in [-0.25, -0.2) is 9.97 Å². The largest absolute Gasteiger partial charge is 0.465 e. The van der Waals surface area contributed by atoms with Gasteiger partial charge in [0.1, 0.15) is 12.1 Å². The molecule has 0 saturated carbocycles. The molecule has 0 aliphatic heterocycles. The maximum absolute atomic E-state index is 5.13. The number of hydrogen-bond acceptors (Lipinski definition) is 3. The lowest BCUT2D eigenvalue weighted by atomic mass is 10.3. The second kappa shape index (κ2) is 3.67. The van der Waals surface area contributed by atoms with Crippen molar-refractivity contribution in [3.8, 4) is 0 Å². The van der Waals surface area contributed by atoms with Crippen LogP contribution in [0.4, 0.5) is 0 Å². The molecule has 0 fully saturated rings. The van der Waals surface area contributed by atoms with Crippen LogP contribution in [0.5, 0.6) is 0 Å². The van der Waals surface area contributed by atoms with Gasteiger partial charge in [-0.1, -0.05) is 0 Å². The van der Waals surface area contributed by atoms with Crippen LogP contribution in [0.1, 0.15) is 11.5 Å². The quantitative estimate of drug-likeness (QED) is 0.697. The zero-order valence-corrected chi connectivity index (χ0v) is 6.92. The van der Waals surface area contributed by atoms with Crippen LogP contribution in [0.3, 0.4) is 0 Å². The molecule has 2 aromatic rings. The van der Waals surface area contributed by atoms with Crippen molar-refractivity contribution in [2.75, 3.05) is 0 Å². The van der Waals surface area contributed by atoms with Crippen molar-refractivity contribution >= 4 is 12.2 Å². The number of furan rings is 1. The summed E-state index contributed by atoms with van der Waals surface area (Å²) in [7, 11) is 0. The fraction of sp³-hybridized carbons (Fsp3) is 0. The highest BCUT2D eigenvalue weighted by Crippen LogP contribution is 2.05. The van der Waals surface area contributed by atoms with E-state index < -0.39 is 0 Å². The predicted molar refractivity (Wildman–Crippen MR) is 49.7 cm³/mol. The molecule has 0 unspecified atom stereocenters. The minimum absolute atomic E-state index is 0.818. The van der Waals surface area contributed by atoms with Gasteiger partial charge >= 0.3 is 0 Å². The minimum Gasteiger partial charge on any atom is -0.465 e. The Labute approximate surface area is 75.8 Å². The first-order chi connectivity index (χ1) is 6.45. The topological polar surface area (TPSA) is 38.9 Å². The Morgan fingerprint density at radius 1 is 1.23 bits per heavy atom. The molecule has 2 heterocycles. The van der Waals surface area contributed by atoms with Crippen molar-refractivity contribution < 1.29 is 4.42 Å². The van der Waals surface area contributed by atoms with E-state index in [0.717, 1.165) is 11.5 Å². The summed E-state index contributed by atoms with van der Waals surface area (Å²) in [6, 6.07) is 5.57. The van der Waals surface area contributed by atoms with E-state index in [-0.39, 0.29) is 0 Å². The van der Waals surface area contributed by atoms with Crippen molar-refractivity contribution in [2.24, 2.45) is 0 Å². The Morgan fingerprint density at radius 2 is 2.23 bits per heavy atom. The molecule has 0 spiro atoms. The Morgan fingerprint density at radius 3 is 2.92 bits per heavy atom. The monoisotopic (exact) mass is 172 g/mol. The maximum atomic E-state index is 5.13. The van der Waals surface area contributed by atoms with Crippen molar-refractivity contribution in [3.63, 3.8) is 0 Å². The van der Waals surface area contributed by atoms with Gasteiger partial charge in [-0.05, 0) is 30.4 Å². The van der Waals surface area contributed by atoms with E-state index in [1.807, 2.05) is 30.4 Å². The van der Waals surface area contributed by atoms with Gasteiger partial charge in [0, 0.05) is 6.20 Å². The number of hydrogen-bond donors (Lipinski definition) is 0. The van der Waals surface area contributed by atoms with Gasteiger partial charge in [0.25, 0.3) is 0 Å². The predicted octanol–water partition coefficient (Wildman–Crippen LogP) is 2.24. The third-order valence-electron chi connectivity index (χ3n) is 1.57. The highest BCUT2D eigenvalue weighted by Gasteiger charge is 1.88. The number of nitrogens with zero attached hydrogens (tertiary/aromatic N) is 2. The molecule has 0 saturated heterocycles. The Bertz CT molecular complexity index is 379. The molecule has 13 heavy (non-hydrogen) atoms. The summed E-state index contributed by atoms with van der Waals surface area (Å²) in [5.41, 5.74) is 0.867. The minimum atomic E-state index is 0.818. The molecule has 0 bridgehead atoms. The summed E-state index contributed by atoms with van der Waals surface area (Å²) < 4.78 is 5.13. The highest BCUT2D eigenvalue weighted by atomic mass is 16.3. The van der Waals surface area contributed by atoms with Gasteiger partial charge in [-0.3, -0.25) is 0 Å². The second-order valence-corrected chi connectivity index (χ2v) is 2.48. The standard InChI is InChI=1S/C10H8N2O/c1-2-10(13-7-1)4-3-9-5-6-11-8-12-9/h1-8H/b4-3+. The van der Waals surface area contributed by atoms with E-state index in [0.29, 0.717) is 0 Å². The maximum Gasteiger partial charge on any atom is 0.126 e. The van der Waals surface area contributed by atoms with E-state index in [2.05, 4.69) is 9.97 Å². The Hall–Kier alpha value is -1.90. The van der Waals surface area contributed by atoms with E-state index in [4.69, 9.17) is 4.42 Å². The zero-order valence-electron chi connectivity index (χ0n) is 6.92. The van der Waals surface area contributed by atoms with Crippen LogP contribution in [-0.4, -0.2) is 9.97 Å². The summed E-state index contributed by atoms with van der Waals surface area (Å²) in [4.78, 5) is 7.86. The lowest BCUT2D eigenvalue weighted by Crippen LogP contribution is -1.79. The second-order valence-electron chi connectivity index (χ2n) is 2.48. The number of rotatable bonds is 2. The van der Waals surface area contributed by atoms with Crippen molar-refractivity contribution in [3.05, 3.63) is 48.4 Å².